The average Bonchev–Trinajstić information content (AvgIpc) is 2.22. The van der Waals surface area contributed by atoms with Gasteiger partial charge in [0.15, 0.2) is 0 Å². The molecule has 0 radical (unpaired) electrons. The summed E-state index contributed by atoms with van der Waals surface area (Å²) in [7, 11) is 0. The number of hydrogen-bond donors (Lipinski definition) is 1. The lowest BCUT2D eigenvalue weighted by Crippen LogP contribution is -2.19. The largest absolute Gasteiger partial charge is 0.513 e. The van der Waals surface area contributed by atoms with Gasteiger partial charge in [-0.1, -0.05) is 0 Å². The van der Waals surface area contributed by atoms with Crippen molar-refractivity contribution in [1.82, 2.24) is 0 Å². The second-order valence-electron chi connectivity index (χ2n) is 4.21. The van der Waals surface area contributed by atoms with Crippen LogP contribution >= 0.6 is 0 Å². The molecule has 0 spiro atoms. The molecular formula is C13H12F2O2. The van der Waals surface area contributed by atoms with Gasteiger partial charge >= 0.3 is 0 Å². The second-order valence-corrected chi connectivity index (χ2v) is 4.21. The number of benzene rings is 1. The highest BCUT2D eigenvalue weighted by atomic mass is 19.1. The third kappa shape index (κ3) is 2.90. The molecule has 0 heterocycles. The lowest BCUT2D eigenvalue weighted by atomic mass is 9.88. The van der Waals surface area contributed by atoms with Gasteiger partial charge in [-0.3, -0.25) is 4.79 Å². The van der Waals surface area contributed by atoms with Gasteiger partial charge in [-0.05, 0) is 30.2 Å². The van der Waals surface area contributed by atoms with Crippen molar-refractivity contribution in [3.05, 3.63) is 47.2 Å². The molecule has 0 bridgehead atoms. The minimum atomic E-state index is -0.656. The van der Waals surface area contributed by atoms with Gasteiger partial charge in [0.1, 0.15) is 17.4 Å². The van der Waals surface area contributed by atoms with E-state index in [1.54, 1.807) is 0 Å². The Morgan fingerprint density at radius 1 is 1.18 bits per heavy atom. The summed E-state index contributed by atoms with van der Waals surface area (Å²) in [6.45, 7) is 0. The van der Waals surface area contributed by atoms with Gasteiger partial charge < -0.3 is 5.11 Å². The lowest BCUT2D eigenvalue weighted by Gasteiger charge is -2.17. The lowest BCUT2D eigenvalue weighted by molar-refractivity contribution is -0.122. The Labute approximate surface area is 97.6 Å². The fraction of sp³-hybridized carbons (Fsp3) is 0.308. The second kappa shape index (κ2) is 4.65. The van der Waals surface area contributed by atoms with E-state index in [1.165, 1.54) is 18.2 Å². The maximum absolute atomic E-state index is 13.0. The number of halogens is 2. The summed E-state index contributed by atoms with van der Waals surface area (Å²) < 4.78 is 25.9. The molecule has 1 atom stereocenters. The van der Waals surface area contributed by atoms with E-state index in [-0.39, 0.29) is 24.4 Å². The number of hydrogen-bond acceptors (Lipinski definition) is 2. The van der Waals surface area contributed by atoms with E-state index in [0.29, 0.717) is 12.0 Å². The summed E-state index contributed by atoms with van der Waals surface area (Å²) in [5.41, 5.74) is 0.423. The van der Waals surface area contributed by atoms with Gasteiger partial charge in [-0.15, -0.1) is 0 Å². The van der Waals surface area contributed by atoms with Crippen LogP contribution in [0.25, 0.3) is 0 Å². The highest BCUT2D eigenvalue weighted by Crippen LogP contribution is 2.22. The zero-order chi connectivity index (χ0) is 12.4. The van der Waals surface area contributed by atoms with Crippen LogP contribution in [0.1, 0.15) is 18.4 Å². The van der Waals surface area contributed by atoms with Crippen LogP contribution in [-0.4, -0.2) is 10.9 Å². The predicted molar refractivity (Wildman–Crippen MR) is 58.5 cm³/mol. The number of carbonyl (C=O) groups is 1. The molecule has 1 aromatic carbocycles. The average molecular weight is 238 g/mol. The quantitative estimate of drug-likeness (QED) is 0.860. The molecule has 4 heteroatoms. The first-order valence-electron chi connectivity index (χ1n) is 5.42. The Bertz CT molecular complexity index is 460. The van der Waals surface area contributed by atoms with E-state index in [1.807, 2.05) is 0 Å². The maximum atomic E-state index is 13.0. The molecule has 0 aromatic heterocycles. The zero-order valence-electron chi connectivity index (χ0n) is 9.12. The fourth-order valence-corrected chi connectivity index (χ4v) is 2.00. The van der Waals surface area contributed by atoms with Crippen molar-refractivity contribution in [1.29, 1.82) is 0 Å². The van der Waals surface area contributed by atoms with Crippen molar-refractivity contribution in [2.75, 3.05) is 0 Å². The first kappa shape index (κ1) is 11.8. The van der Waals surface area contributed by atoms with Crippen LogP contribution in [0.2, 0.25) is 0 Å². The third-order valence-electron chi connectivity index (χ3n) is 2.81. The standard InChI is InChI=1S/C13H12F2O2/c14-10-4-8(5-11(15)7-10)3-9-6-12(16)1-2-13(9)17/h4-7,9,16H,1-3H2. The molecule has 2 nitrogen and oxygen atoms in total. The molecule has 1 N–H and O–H groups in total. The van der Waals surface area contributed by atoms with Crippen LogP contribution in [0.15, 0.2) is 30.0 Å². The Kier molecular flexibility index (Phi) is 3.22. The Morgan fingerprint density at radius 2 is 1.82 bits per heavy atom. The smallest absolute Gasteiger partial charge is 0.140 e. The van der Waals surface area contributed by atoms with Crippen LogP contribution < -0.4 is 0 Å². The normalized spacial score (nSPS) is 20.2. The monoisotopic (exact) mass is 238 g/mol. The predicted octanol–water partition coefficient (Wildman–Crippen LogP) is 2.93. The molecule has 1 aliphatic carbocycles. The van der Waals surface area contributed by atoms with Crippen molar-refractivity contribution in [2.24, 2.45) is 5.92 Å². The summed E-state index contributed by atoms with van der Waals surface area (Å²) in [4.78, 5) is 11.6. The van der Waals surface area contributed by atoms with E-state index in [9.17, 15) is 18.7 Å². The molecule has 0 saturated carbocycles. The Morgan fingerprint density at radius 3 is 2.47 bits per heavy atom. The molecule has 0 fully saturated rings. The van der Waals surface area contributed by atoms with E-state index < -0.39 is 17.6 Å². The van der Waals surface area contributed by atoms with Crippen molar-refractivity contribution >= 4 is 5.78 Å². The van der Waals surface area contributed by atoms with Crippen LogP contribution in [0.3, 0.4) is 0 Å². The van der Waals surface area contributed by atoms with Gasteiger partial charge in [0.2, 0.25) is 0 Å². The molecular weight excluding hydrogens is 226 g/mol. The molecule has 0 aliphatic heterocycles. The molecule has 0 saturated heterocycles. The van der Waals surface area contributed by atoms with Crippen LogP contribution in [0.4, 0.5) is 8.78 Å². The zero-order valence-corrected chi connectivity index (χ0v) is 9.12. The van der Waals surface area contributed by atoms with Gasteiger partial charge in [0.05, 0.1) is 5.76 Å². The molecule has 90 valence electrons. The van der Waals surface area contributed by atoms with E-state index in [0.717, 1.165) is 6.07 Å². The number of allylic oxidation sites excluding steroid dienone is 2. The van der Waals surface area contributed by atoms with Gasteiger partial charge in [-0.25, -0.2) is 8.78 Å². The Balaban J connectivity index is 2.19. The maximum Gasteiger partial charge on any atom is 0.140 e. The summed E-state index contributed by atoms with van der Waals surface area (Å²) in [6.07, 6.45) is 2.32. The van der Waals surface area contributed by atoms with E-state index in [2.05, 4.69) is 0 Å². The molecule has 1 aromatic rings. The summed E-state index contributed by atoms with van der Waals surface area (Å²) in [5.74, 6) is -1.63. The van der Waals surface area contributed by atoms with Crippen molar-refractivity contribution in [3.63, 3.8) is 0 Å². The highest BCUT2D eigenvalue weighted by Gasteiger charge is 2.22. The SMILES string of the molecule is O=C1CCC(O)=CC1Cc1cc(F)cc(F)c1. The molecule has 1 unspecified atom stereocenters. The first-order valence-corrected chi connectivity index (χ1v) is 5.42. The third-order valence-corrected chi connectivity index (χ3v) is 2.81. The number of ketones is 1. The van der Waals surface area contributed by atoms with Gasteiger partial charge in [0.25, 0.3) is 0 Å². The topological polar surface area (TPSA) is 37.3 Å². The van der Waals surface area contributed by atoms with Crippen molar-refractivity contribution in [3.8, 4) is 0 Å². The first-order chi connectivity index (χ1) is 8.04. The van der Waals surface area contributed by atoms with Crippen molar-refractivity contribution < 1.29 is 18.7 Å². The van der Waals surface area contributed by atoms with Crippen molar-refractivity contribution in [2.45, 2.75) is 19.3 Å². The molecule has 0 amide bonds. The van der Waals surface area contributed by atoms with Gasteiger partial charge in [-0.2, -0.15) is 0 Å². The van der Waals surface area contributed by atoms with E-state index in [4.69, 9.17) is 0 Å². The summed E-state index contributed by atoms with van der Waals surface area (Å²) in [6, 6.07) is 3.20. The highest BCUT2D eigenvalue weighted by molar-refractivity contribution is 5.84. The molecule has 1 aliphatic rings. The minimum absolute atomic E-state index is 0.00697. The summed E-state index contributed by atoms with van der Waals surface area (Å²) in [5, 5.41) is 9.35. The van der Waals surface area contributed by atoms with Crippen LogP contribution in [-0.2, 0) is 11.2 Å². The Hall–Kier alpha value is -1.71. The number of rotatable bonds is 2. The molecule has 17 heavy (non-hydrogen) atoms. The van der Waals surface area contributed by atoms with Gasteiger partial charge in [0, 0.05) is 24.8 Å². The fourth-order valence-electron chi connectivity index (χ4n) is 2.00. The number of carbonyl (C=O) groups excluding carboxylic acids is 1. The summed E-state index contributed by atoms with van der Waals surface area (Å²) >= 11 is 0. The molecule has 2 rings (SSSR count). The van der Waals surface area contributed by atoms with Crippen LogP contribution in [0.5, 0.6) is 0 Å². The van der Waals surface area contributed by atoms with E-state index >= 15 is 0 Å². The number of aliphatic hydroxyl groups excluding tert-OH is 1. The minimum Gasteiger partial charge on any atom is -0.513 e. The number of Topliss-reactive ketones (excluding diaryl/α,β-unsaturated/α-hetero) is 1. The van der Waals surface area contributed by atoms with Crippen LogP contribution in [0, 0.1) is 17.6 Å². The number of aliphatic hydroxyl groups is 1.